The Kier molecular flexibility index (Phi) is 5.94. The van der Waals surface area contributed by atoms with Crippen molar-refractivity contribution in [3.63, 3.8) is 0 Å². The van der Waals surface area contributed by atoms with E-state index in [1.54, 1.807) is 48.7 Å². The number of thioether (sulfide) groups is 1. The summed E-state index contributed by atoms with van der Waals surface area (Å²) in [6, 6.07) is 9.95. The van der Waals surface area contributed by atoms with Crippen molar-refractivity contribution in [1.29, 1.82) is 0 Å². The van der Waals surface area contributed by atoms with E-state index >= 15 is 0 Å². The first-order chi connectivity index (χ1) is 13.8. The number of aromatic nitrogens is 4. The molecule has 9 heteroatoms. The molecule has 1 N–H and O–H groups in total. The number of para-hydroxylation sites is 1. The van der Waals surface area contributed by atoms with Gasteiger partial charge in [-0.1, -0.05) is 23.9 Å². The van der Waals surface area contributed by atoms with Crippen LogP contribution in [0.4, 0.5) is 0 Å². The van der Waals surface area contributed by atoms with Gasteiger partial charge in [0.2, 0.25) is 5.16 Å². The van der Waals surface area contributed by atoms with Crippen LogP contribution in [0.2, 0.25) is 0 Å². The zero-order valence-electron chi connectivity index (χ0n) is 15.3. The van der Waals surface area contributed by atoms with Crippen molar-refractivity contribution in [2.75, 3.05) is 14.2 Å². The Bertz CT molecular complexity index is 1040. The van der Waals surface area contributed by atoms with E-state index in [0.29, 0.717) is 17.3 Å². The van der Waals surface area contributed by atoms with Crippen LogP contribution >= 0.6 is 34.4 Å². The fourth-order valence-corrected chi connectivity index (χ4v) is 5.06. The Morgan fingerprint density at radius 2 is 2.00 bits per heavy atom. The lowest BCUT2D eigenvalue weighted by Gasteiger charge is -2.10. The SMILES string of the molecule is COc1cccc(-c2nc(CSc3n[nH]c(Cc4cccs4)n3)cs2)c1OC. The van der Waals surface area contributed by atoms with Gasteiger partial charge in [-0.3, -0.25) is 5.10 Å². The molecule has 0 saturated carbocycles. The van der Waals surface area contributed by atoms with E-state index in [4.69, 9.17) is 14.5 Å². The third-order valence-corrected chi connectivity index (χ3v) is 6.65. The van der Waals surface area contributed by atoms with Gasteiger partial charge in [-0.25, -0.2) is 9.97 Å². The highest BCUT2D eigenvalue weighted by Gasteiger charge is 2.15. The quantitative estimate of drug-likeness (QED) is 0.401. The number of nitrogens with zero attached hydrogens (tertiary/aromatic N) is 3. The normalized spacial score (nSPS) is 10.9. The number of rotatable bonds is 8. The van der Waals surface area contributed by atoms with Crippen molar-refractivity contribution < 1.29 is 9.47 Å². The molecule has 0 saturated heterocycles. The minimum absolute atomic E-state index is 0.699. The molecule has 0 unspecified atom stereocenters. The molecule has 0 spiro atoms. The standard InChI is InChI=1S/C19H18N4O2S3/c1-24-15-7-3-6-14(17(15)25-2)18-20-12(10-27-18)11-28-19-21-16(22-23-19)9-13-5-4-8-26-13/h3-8,10H,9,11H2,1-2H3,(H,21,22,23). The van der Waals surface area contributed by atoms with E-state index in [1.807, 2.05) is 24.3 Å². The smallest absolute Gasteiger partial charge is 0.208 e. The number of hydrogen-bond acceptors (Lipinski definition) is 8. The molecule has 3 heterocycles. The molecule has 0 amide bonds. The maximum atomic E-state index is 5.52. The third-order valence-electron chi connectivity index (χ3n) is 3.97. The lowest BCUT2D eigenvalue weighted by atomic mass is 10.2. The van der Waals surface area contributed by atoms with Gasteiger partial charge < -0.3 is 9.47 Å². The minimum Gasteiger partial charge on any atom is -0.493 e. The van der Waals surface area contributed by atoms with Gasteiger partial charge in [0.1, 0.15) is 10.8 Å². The minimum atomic E-state index is 0.699. The van der Waals surface area contributed by atoms with Crippen LogP contribution in [0.5, 0.6) is 11.5 Å². The topological polar surface area (TPSA) is 72.9 Å². The summed E-state index contributed by atoms with van der Waals surface area (Å²) in [4.78, 5) is 10.6. The predicted molar refractivity (Wildman–Crippen MR) is 114 cm³/mol. The van der Waals surface area contributed by atoms with Crippen molar-refractivity contribution in [3.05, 3.63) is 57.5 Å². The van der Waals surface area contributed by atoms with Crippen LogP contribution in [0.3, 0.4) is 0 Å². The second kappa shape index (κ2) is 8.76. The summed E-state index contributed by atoms with van der Waals surface area (Å²) in [7, 11) is 3.28. The van der Waals surface area contributed by atoms with E-state index in [2.05, 4.69) is 32.0 Å². The summed E-state index contributed by atoms with van der Waals surface area (Å²) in [6.45, 7) is 0. The largest absolute Gasteiger partial charge is 0.493 e. The van der Waals surface area contributed by atoms with Crippen LogP contribution in [-0.4, -0.2) is 34.4 Å². The lowest BCUT2D eigenvalue weighted by Crippen LogP contribution is -1.93. The zero-order chi connectivity index (χ0) is 19.3. The number of thiazole rings is 1. The summed E-state index contributed by atoms with van der Waals surface area (Å²) in [5.41, 5.74) is 1.92. The monoisotopic (exact) mass is 430 g/mol. The van der Waals surface area contributed by atoms with E-state index < -0.39 is 0 Å². The summed E-state index contributed by atoms with van der Waals surface area (Å²) in [5, 5.41) is 13.1. The van der Waals surface area contributed by atoms with E-state index in [-0.39, 0.29) is 0 Å². The summed E-state index contributed by atoms with van der Waals surface area (Å²) >= 11 is 4.88. The van der Waals surface area contributed by atoms with Gasteiger partial charge in [0.15, 0.2) is 11.5 Å². The highest BCUT2D eigenvalue weighted by Crippen LogP contribution is 2.39. The van der Waals surface area contributed by atoms with Gasteiger partial charge in [-0.05, 0) is 23.6 Å². The van der Waals surface area contributed by atoms with Crippen molar-refractivity contribution in [2.24, 2.45) is 0 Å². The zero-order valence-corrected chi connectivity index (χ0v) is 17.8. The molecule has 0 aliphatic heterocycles. The molecule has 144 valence electrons. The lowest BCUT2D eigenvalue weighted by molar-refractivity contribution is 0.356. The first-order valence-corrected chi connectivity index (χ1v) is 11.2. The summed E-state index contributed by atoms with van der Waals surface area (Å²) in [6.07, 6.45) is 0.779. The Balaban J connectivity index is 1.43. The number of nitrogens with one attached hydrogen (secondary N) is 1. The van der Waals surface area contributed by atoms with Gasteiger partial charge in [0, 0.05) is 22.4 Å². The summed E-state index contributed by atoms with van der Waals surface area (Å²) < 4.78 is 10.9. The number of methoxy groups -OCH3 is 2. The van der Waals surface area contributed by atoms with Crippen LogP contribution in [0.1, 0.15) is 16.4 Å². The van der Waals surface area contributed by atoms with Crippen molar-refractivity contribution in [2.45, 2.75) is 17.3 Å². The number of hydrogen-bond donors (Lipinski definition) is 1. The molecule has 0 atom stereocenters. The highest BCUT2D eigenvalue weighted by atomic mass is 32.2. The van der Waals surface area contributed by atoms with Crippen molar-refractivity contribution in [1.82, 2.24) is 20.2 Å². The Hall–Kier alpha value is -2.36. The molecule has 0 aliphatic rings. The molecular weight excluding hydrogens is 412 g/mol. The molecule has 0 bridgehead atoms. The molecule has 3 aromatic heterocycles. The Morgan fingerprint density at radius 1 is 1.07 bits per heavy atom. The van der Waals surface area contributed by atoms with Crippen LogP contribution in [0.25, 0.3) is 10.6 Å². The molecule has 0 radical (unpaired) electrons. The van der Waals surface area contributed by atoms with Gasteiger partial charge >= 0.3 is 0 Å². The number of aromatic amines is 1. The second-order valence-electron chi connectivity index (χ2n) is 5.79. The molecule has 0 fully saturated rings. The van der Waals surface area contributed by atoms with Crippen LogP contribution in [0.15, 0.2) is 46.2 Å². The number of ether oxygens (including phenoxy) is 2. The van der Waals surface area contributed by atoms with Gasteiger partial charge in [0.25, 0.3) is 0 Å². The van der Waals surface area contributed by atoms with Crippen molar-refractivity contribution in [3.8, 4) is 22.1 Å². The Morgan fingerprint density at radius 3 is 2.79 bits per heavy atom. The number of H-pyrrole nitrogens is 1. The highest BCUT2D eigenvalue weighted by molar-refractivity contribution is 7.98. The van der Waals surface area contributed by atoms with E-state index in [1.165, 1.54) is 4.88 Å². The van der Waals surface area contributed by atoms with Crippen molar-refractivity contribution >= 4 is 34.4 Å². The Labute approximate surface area is 175 Å². The fourth-order valence-electron chi connectivity index (χ4n) is 2.69. The third kappa shape index (κ3) is 4.21. The average molecular weight is 431 g/mol. The molecule has 4 rings (SSSR count). The number of thiophene rings is 1. The molecule has 28 heavy (non-hydrogen) atoms. The van der Waals surface area contributed by atoms with Gasteiger partial charge in [0.05, 0.1) is 25.5 Å². The molecular formula is C19H18N4O2S3. The maximum absolute atomic E-state index is 5.52. The van der Waals surface area contributed by atoms with Gasteiger partial charge in [-0.2, -0.15) is 0 Å². The first kappa shape index (κ1) is 19.0. The second-order valence-corrected chi connectivity index (χ2v) is 8.63. The fraction of sp³-hybridized carbons (Fsp3) is 0.211. The van der Waals surface area contributed by atoms with Crippen LogP contribution in [-0.2, 0) is 12.2 Å². The van der Waals surface area contributed by atoms with E-state index in [0.717, 1.165) is 33.7 Å². The average Bonchev–Trinajstić information content (AvgIpc) is 3.48. The number of benzene rings is 1. The first-order valence-electron chi connectivity index (χ1n) is 8.49. The molecule has 4 aromatic rings. The molecule has 6 nitrogen and oxygen atoms in total. The van der Waals surface area contributed by atoms with Crippen LogP contribution in [0, 0.1) is 0 Å². The van der Waals surface area contributed by atoms with Gasteiger partial charge in [-0.15, -0.1) is 27.8 Å². The van der Waals surface area contributed by atoms with Crippen LogP contribution < -0.4 is 9.47 Å². The molecule has 0 aliphatic carbocycles. The maximum Gasteiger partial charge on any atom is 0.208 e. The molecule has 1 aromatic carbocycles. The predicted octanol–water partition coefficient (Wildman–Crippen LogP) is 4.89. The summed E-state index contributed by atoms with van der Waals surface area (Å²) in [5.74, 6) is 2.99. The van der Waals surface area contributed by atoms with E-state index in [9.17, 15) is 0 Å².